The maximum absolute atomic E-state index is 13.1. The molecule has 21 heavy (non-hydrogen) atoms. The number of hydrogen-bond donors (Lipinski definition) is 1. The van der Waals surface area contributed by atoms with Gasteiger partial charge in [0.1, 0.15) is 5.82 Å². The van der Waals surface area contributed by atoms with E-state index in [1.165, 1.54) is 25.1 Å². The Kier molecular flexibility index (Phi) is 4.00. The van der Waals surface area contributed by atoms with Crippen LogP contribution in [0.15, 0.2) is 42.7 Å². The summed E-state index contributed by atoms with van der Waals surface area (Å²) in [6.45, 7) is 1.25. The van der Waals surface area contributed by atoms with Crippen molar-refractivity contribution >= 4 is 0 Å². The fourth-order valence-corrected chi connectivity index (χ4v) is 2.21. The van der Waals surface area contributed by atoms with Crippen molar-refractivity contribution in [3.8, 4) is 0 Å². The third-order valence-electron chi connectivity index (χ3n) is 3.14. The molecule has 2 nitrogen and oxygen atoms in total. The summed E-state index contributed by atoms with van der Waals surface area (Å²) in [6.07, 6.45) is -2.74. The first-order valence-electron chi connectivity index (χ1n) is 6.19. The average Bonchev–Trinajstić information content (AvgIpc) is 2.37. The van der Waals surface area contributed by atoms with Crippen molar-refractivity contribution in [2.24, 2.45) is 0 Å². The lowest BCUT2D eigenvalue weighted by Gasteiger charge is -2.27. The van der Waals surface area contributed by atoms with Gasteiger partial charge in [-0.1, -0.05) is 12.1 Å². The number of alkyl halides is 3. The van der Waals surface area contributed by atoms with E-state index in [-0.39, 0.29) is 12.0 Å². The van der Waals surface area contributed by atoms with Gasteiger partial charge >= 0.3 is 6.18 Å². The molecule has 0 radical (unpaired) electrons. The van der Waals surface area contributed by atoms with Crippen LogP contribution in [0.1, 0.15) is 23.6 Å². The van der Waals surface area contributed by atoms with E-state index in [0.29, 0.717) is 5.56 Å². The van der Waals surface area contributed by atoms with Gasteiger partial charge in [0.25, 0.3) is 0 Å². The second-order valence-corrected chi connectivity index (χ2v) is 5.00. The first kappa shape index (κ1) is 15.4. The number of aliphatic hydroxyl groups is 1. The Labute approximate surface area is 119 Å². The molecule has 112 valence electrons. The van der Waals surface area contributed by atoms with Crippen LogP contribution in [0.5, 0.6) is 0 Å². The minimum Gasteiger partial charge on any atom is -0.385 e. The van der Waals surface area contributed by atoms with Crippen LogP contribution in [-0.2, 0) is 18.2 Å². The topological polar surface area (TPSA) is 33.1 Å². The van der Waals surface area contributed by atoms with E-state index in [4.69, 9.17) is 0 Å². The van der Waals surface area contributed by atoms with Crippen LogP contribution in [0.4, 0.5) is 17.6 Å². The van der Waals surface area contributed by atoms with Crippen LogP contribution in [0.2, 0.25) is 0 Å². The molecular formula is C15H13F4NO. The molecule has 6 heteroatoms. The Hall–Kier alpha value is -1.95. The monoisotopic (exact) mass is 299 g/mol. The lowest BCUT2D eigenvalue weighted by atomic mass is 9.87. The number of hydrogen-bond acceptors (Lipinski definition) is 2. The first-order valence-corrected chi connectivity index (χ1v) is 6.19. The molecule has 1 heterocycles. The van der Waals surface area contributed by atoms with E-state index in [0.717, 1.165) is 18.5 Å². The van der Waals surface area contributed by atoms with Gasteiger partial charge in [0.2, 0.25) is 0 Å². The number of benzene rings is 1. The van der Waals surface area contributed by atoms with Crippen molar-refractivity contribution in [2.45, 2.75) is 25.1 Å². The van der Waals surface area contributed by atoms with Gasteiger partial charge in [-0.15, -0.1) is 0 Å². The fraction of sp³-hybridized carbons (Fsp3) is 0.267. The van der Waals surface area contributed by atoms with E-state index < -0.39 is 23.2 Å². The molecule has 0 fully saturated rings. The number of halogens is 4. The zero-order valence-corrected chi connectivity index (χ0v) is 11.2. The highest BCUT2D eigenvalue weighted by molar-refractivity contribution is 5.33. The summed E-state index contributed by atoms with van der Waals surface area (Å²) in [6, 6.07) is 6.20. The summed E-state index contributed by atoms with van der Waals surface area (Å²) in [5.74, 6) is -0.509. The zero-order valence-electron chi connectivity index (χ0n) is 11.2. The number of aromatic nitrogens is 1. The molecule has 1 aromatic carbocycles. The number of rotatable bonds is 3. The van der Waals surface area contributed by atoms with E-state index in [9.17, 15) is 22.7 Å². The molecular weight excluding hydrogens is 286 g/mol. The van der Waals surface area contributed by atoms with Crippen molar-refractivity contribution in [1.29, 1.82) is 0 Å². The second-order valence-electron chi connectivity index (χ2n) is 5.00. The molecule has 2 rings (SSSR count). The Bertz CT molecular complexity index is 638. The number of pyridine rings is 1. The molecule has 0 saturated carbocycles. The van der Waals surface area contributed by atoms with Crippen molar-refractivity contribution in [3.05, 3.63) is 65.2 Å². The van der Waals surface area contributed by atoms with Crippen LogP contribution < -0.4 is 0 Å². The van der Waals surface area contributed by atoms with Gasteiger partial charge in [0.05, 0.1) is 11.2 Å². The van der Waals surface area contributed by atoms with E-state index in [1.54, 1.807) is 6.07 Å². The van der Waals surface area contributed by atoms with Crippen LogP contribution in [0.3, 0.4) is 0 Å². The molecule has 0 saturated heterocycles. The summed E-state index contributed by atoms with van der Waals surface area (Å²) in [5.41, 5.74) is -2.69. The van der Waals surface area contributed by atoms with Crippen LogP contribution >= 0.6 is 0 Å². The normalized spacial score (nSPS) is 14.8. The average molecular weight is 299 g/mol. The lowest BCUT2D eigenvalue weighted by Crippen LogP contribution is -2.28. The van der Waals surface area contributed by atoms with Crippen molar-refractivity contribution in [3.63, 3.8) is 0 Å². The molecule has 0 aliphatic heterocycles. The first-order chi connectivity index (χ1) is 9.70. The third kappa shape index (κ3) is 3.58. The molecule has 1 N–H and O–H groups in total. The molecule has 0 aliphatic carbocycles. The van der Waals surface area contributed by atoms with Crippen molar-refractivity contribution in [2.75, 3.05) is 0 Å². The van der Waals surface area contributed by atoms with Crippen molar-refractivity contribution in [1.82, 2.24) is 4.98 Å². The minimum absolute atomic E-state index is 0.153. The highest BCUT2D eigenvalue weighted by Gasteiger charge is 2.38. The Morgan fingerprint density at radius 3 is 2.48 bits per heavy atom. The number of nitrogens with zero attached hydrogens (tertiary/aromatic N) is 1. The van der Waals surface area contributed by atoms with Gasteiger partial charge in [-0.25, -0.2) is 4.39 Å². The maximum Gasteiger partial charge on any atom is 0.416 e. The quantitative estimate of drug-likeness (QED) is 0.877. The summed E-state index contributed by atoms with van der Waals surface area (Å²) in [7, 11) is 0. The van der Waals surface area contributed by atoms with Gasteiger partial charge in [0.15, 0.2) is 0 Å². The summed E-state index contributed by atoms with van der Waals surface area (Å²) in [4.78, 5) is 3.65. The Balaban J connectivity index is 2.40. The largest absolute Gasteiger partial charge is 0.416 e. The van der Waals surface area contributed by atoms with Gasteiger partial charge in [-0.3, -0.25) is 4.98 Å². The van der Waals surface area contributed by atoms with E-state index in [2.05, 4.69) is 4.98 Å². The van der Waals surface area contributed by atoms with Gasteiger partial charge < -0.3 is 5.11 Å². The molecule has 1 unspecified atom stereocenters. The minimum atomic E-state index is -4.59. The summed E-state index contributed by atoms with van der Waals surface area (Å²) in [5, 5.41) is 10.4. The molecule has 0 spiro atoms. The molecule has 0 amide bonds. The van der Waals surface area contributed by atoms with Gasteiger partial charge in [0, 0.05) is 24.4 Å². The van der Waals surface area contributed by atoms with Crippen molar-refractivity contribution < 1.29 is 22.7 Å². The molecule has 0 bridgehead atoms. The fourth-order valence-electron chi connectivity index (χ4n) is 2.21. The second kappa shape index (κ2) is 5.44. The summed E-state index contributed by atoms with van der Waals surface area (Å²) < 4.78 is 52.1. The predicted octanol–water partition coefficient (Wildman–Crippen LogP) is 3.69. The van der Waals surface area contributed by atoms with Gasteiger partial charge in [-0.2, -0.15) is 13.2 Å². The highest BCUT2D eigenvalue weighted by Crippen LogP contribution is 2.37. The standard InChI is InChI=1S/C15H13F4NO/c1-14(21,8-10-3-2-4-11(16)7-10)13-9-20-6-5-12(13)15(17,18)19/h2-7,9,21H,8H2,1H3. The Morgan fingerprint density at radius 2 is 1.86 bits per heavy atom. The van der Waals surface area contributed by atoms with E-state index in [1.807, 2.05) is 0 Å². The predicted molar refractivity (Wildman–Crippen MR) is 68.9 cm³/mol. The highest BCUT2D eigenvalue weighted by atomic mass is 19.4. The van der Waals surface area contributed by atoms with Crippen LogP contribution in [0.25, 0.3) is 0 Å². The van der Waals surface area contributed by atoms with Gasteiger partial charge in [-0.05, 0) is 30.7 Å². The third-order valence-corrected chi connectivity index (χ3v) is 3.14. The smallest absolute Gasteiger partial charge is 0.385 e. The maximum atomic E-state index is 13.1. The molecule has 0 aliphatic rings. The molecule has 2 aromatic rings. The zero-order chi connectivity index (χ0) is 15.7. The lowest BCUT2D eigenvalue weighted by molar-refractivity contribution is -0.140. The van der Waals surface area contributed by atoms with Crippen LogP contribution in [0, 0.1) is 5.82 Å². The van der Waals surface area contributed by atoms with Crippen LogP contribution in [-0.4, -0.2) is 10.1 Å². The molecule has 1 atom stereocenters. The Morgan fingerprint density at radius 1 is 1.14 bits per heavy atom. The summed E-state index contributed by atoms with van der Waals surface area (Å²) >= 11 is 0. The molecule has 1 aromatic heterocycles. The van der Waals surface area contributed by atoms with E-state index >= 15 is 0 Å². The SMILES string of the molecule is CC(O)(Cc1cccc(F)c1)c1cnccc1C(F)(F)F.